The van der Waals surface area contributed by atoms with E-state index in [1.807, 2.05) is 67.7 Å². The zero-order valence-corrected chi connectivity index (χ0v) is 21.8. The van der Waals surface area contributed by atoms with Crippen LogP contribution in [0.15, 0.2) is 65.7 Å². The van der Waals surface area contributed by atoms with E-state index in [0.29, 0.717) is 22.8 Å². The van der Waals surface area contributed by atoms with E-state index in [1.54, 1.807) is 10.8 Å². The number of carbonyl (C=O) groups excluding carboxylic acids is 1. The van der Waals surface area contributed by atoms with Gasteiger partial charge >= 0.3 is 5.97 Å². The molecule has 3 aromatic rings. The maximum atomic E-state index is 12.8. The molecular formula is C26H25N3O6S2. The maximum absolute atomic E-state index is 12.8. The lowest BCUT2D eigenvalue weighted by Gasteiger charge is -2.10. The minimum Gasteiger partial charge on any atom is -0.494 e. The Kier molecular flexibility index (Phi) is 9.58. The van der Waals surface area contributed by atoms with Crippen molar-refractivity contribution in [1.82, 2.24) is 14.7 Å². The van der Waals surface area contributed by atoms with Gasteiger partial charge < -0.3 is 14.9 Å². The lowest BCUT2D eigenvalue weighted by atomic mass is 10.1. The summed E-state index contributed by atoms with van der Waals surface area (Å²) in [6.45, 7) is 3.28. The van der Waals surface area contributed by atoms with Gasteiger partial charge in [-0.1, -0.05) is 61.2 Å². The number of rotatable bonds is 8. The van der Waals surface area contributed by atoms with Gasteiger partial charge in [0.25, 0.3) is 11.9 Å². The number of nitrogens with zero attached hydrogens (tertiary/aromatic N) is 3. The fourth-order valence-electron chi connectivity index (χ4n) is 3.30. The second-order valence-corrected chi connectivity index (χ2v) is 9.45. The Morgan fingerprint density at radius 3 is 2.49 bits per heavy atom. The third-order valence-electron chi connectivity index (χ3n) is 4.80. The third kappa shape index (κ3) is 7.51. The average Bonchev–Trinajstić information content (AvgIpc) is 3.39. The lowest BCUT2D eigenvalue weighted by Crippen LogP contribution is -2.33. The first kappa shape index (κ1) is 27.6. The van der Waals surface area contributed by atoms with Crippen molar-refractivity contribution in [2.75, 3.05) is 13.2 Å². The number of thiocarbonyl (C=S) groups is 1. The summed E-state index contributed by atoms with van der Waals surface area (Å²) in [4.78, 5) is 34.3. The summed E-state index contributed by atoms with van der Waals surface area (Å²) in [6, 6.07) is 17.3. The quantitative estimate of drug-likeness (QED) is 0.310. The molecular weight excluding hydrogens is 514 g/mol. The van der Waals surface area contributed by atoms with Crippen molar-refractivity contribution in [2.24, 2.45) is 0 Å². The molecule has 1 saturated heterocycles. The monoisotopic (exact) mass is 539 g/mol. The molecule has 192 valence electrons. The number of hydrogen-bond donors (Lipinski definition) is 2. The zero-order chi connectivity index (χ0) is 26.9. The number of amides is 1. The molecule has 0 bridgehead atoms. The summed E-state index contributed by atoms with van der Waals surface area (Å²) in [5, 5.41) is 21.3. The van der Waals surface area contributed by atoms with Crippen molar-refractivity contribution in [3.8, 4) is 22.7 Å². The number of aliphatic carboxylic acids is 2. The van der Waals surface area contributed by atoms with Crippen molar-refractivity contribution in [2.45, 2.75) is 20.3 Å². The van der Waals surface area contributed by atoms with Crippen LogP contribution in [0.25, 0.3) is 23.0 Å². The van der Waals surface area contributed by atoms with Gasteiger partial charge in [-0.05, 0) is 36.8 Å². The van der Waals surface area contributed by atoms with Crippen LogP contribution in [0.5, 0.6) is 5.75 Å². The standard InChI is InChI=1S/C24H21N3O4S2.C2H4O2/c1-2-11-31-19-10-6-7-16(12-19)22-17(14-27(25-22)18-8-4-3-5-9-18)13-20-23(30)26(15-21(28)29)24(32)33-20;1-2(3)4/h3-10,12-14H,2,11,15H2,1H3,(H,28,29);1H3,(H,3,4)/b20-13-;. The van der Waals surface area contributed by atoms with Crippen molar-refractivity contribution >= 4 is 52.2 Å². The van der Waals surface area contributed by atoms with E-state index in [4.69, 9.17) is 37.1 Å². The number of carboxylic acids is 2. The van der Waals surface area contributed by atoms with Gasteiger partial charge in [-0.3, -0.25) is 19.3 Å². The normalized spacial score (nSPS) is 13.9. The SMILES string of the molecule is CC(=O)O.CCCOc1cccc(-c2nn(-c3ccccc3)cc2/C=C2\SC(=S)N(CC(=O)O)C2=O)c1. The van der Waals surface area contributed by atoms with Crippen LogP contribution in [0.4, 0.5) is 0 Å². The lowest BCUT2D eigenvalue weighted by molar-refractivity contribution is -0.140. The molecule has 0 unspecified atom stereocenters. The van der Waals surface area contributed by atoms with E-state index in [2.05, 4.69) is 0 Å². The molecule has 11 heteroatoms. The molecule has 0 radical (unpaired) electrons. The molecule has 0 atom stereocenters. The molecule has 0 spiro atoms. The maximum Gasteiger partial charge on any atom is 0.323 e. The molecule has 2 aromatic carbocycles. The molecule has 4 rings (SSSR count). The topological polar surface area (TPSA) is 122 Å². The first-order chi connectivity index (χ1) is 17.7. The Labute approximate surface area is 223 Å². The van der Waals surface area contributed by atoms with E-state index in [0.717, 1.165) is 47.0 Å². The molecule has 1 fully saturated rings. The summed E-state index contributed by atoms with van der Waals surface area (Å²) in [7, 11) is 0. The number of ether oxygens (including phenoxy) is 1. The van der Waals surface area contributed by atoms with Crippen LogP contribution in [0.2, 0.25) is 0 Å². The van der Waals surface area contributed by atoms with E-state index >= 15 is 0 Å². The van der Waals surface area contributed by atoms with Crippen LogP contribution in [0, 0.1) is 0 Å². The smallest absolute Gasteiger partial charge is 0.323 e. The molecule has 2 N–H and O–H groups in total. The number of hydrogen-bond acceptors (Lipinski definition) is 7. The minimum absolute atomic E-state index is 0.223. The number of benzene rings is 2. The second-order valence-electron chi connectivity index (χ2n) is 7.77. The Morgan fingerprint density at radius 1 is 1.14 bits per heavy atom. The van der Waals surface area contributed by atoms with Crippen molar-refractivity contribution in [3.63, 3.8) is 0 Å². The highest BCUT2D eigenvalue weighted by atomic mass is 32.2. The van der Waals surface area contributed by atoms with E-state index < -0.39 is 24.4 Å². The Bertz CT molecular complexity index is 1330. The van der Waals surface area contributed by atoms with E-state index in [1.165, 1.54) is 0 Å². The van der Waals surface area contributed by atoms with Gasteiger partial charge in [0.1, 0.15) is 22.3 Å². The number of carbonyl (C=O) groups is 3. The highest BCUT2D eigenvalue weighted by Crippen LogP contribution is 2.35. The fourth-order valence-corrected chi connectivity index (χ4v) is 4.54. The minimum atomic E-state index is -1.12. The fraction of sp³-hybridized carbons (Fsp3) is 0.192. The van der Waals surface area contributed by atoms with Crippen LogP contribution in [-0.2, 0) is 14.4 Å². The summed E-state index contributed by atoms with van der Waals surface area (Å²) in [6.07, 6.45) is 4.45. The molecule has 1 amide bonds. The van der Waals surface area contributed by atoms with Gasteiger partial charge in [0.05, 0.1) is 17.2 Å². The molecule has 0 aliphatic carbocycles. The number of carboxylic acid groups (broad SMARTS) is 2. The predicted molar refractivity (Wildman–Crippen MR) is 146 cm³/mol. The molecule has 1 aliphatic heterocycles. The largest absolute Gasteiger partial charge is 0.494 e. The number of para-hydroxylation sites is 1. The Morgan fingerprint density at radius 2 is 1.84 bits per heavy atom. The van der Waals surface area contributed by atoms with Gasteiger partial charge in [-0.2, -0.15) is 5.10 Å². The van der Waals surface area contributed by atoms with Gasteiger partial charge in [0.15, 0.2) is 0 Å². The first-order valence-electron chi connectivity index (χ1n) is 11.2. The van der Waals surface area contributed by atoms with Gasteiger partial charge in [0, 0.05) is 24.2 Å². The van der Waals surface area contributed by atoms with E-state index in [-0.39, 0.29) is 4.32 Å². The first-order valence-corrected chi connectivity index (χ1v) is 12.5. The summed E-state index contributed by atoms with van der Waals surface area (Å²) in [5.74, 6) is -1.64. The summed E-state index contributed by atoms with van der Waals surface area (Å²) in [5.41, 5.74) is 3.09. The second kappa shape index (κ2) is 12.8. The Balaban J connectivity index is 0.000000886. The average molecular weight is 540 g/mol. The Hall–Kier alpha value is -3.96. The number of thioether (sulfide) groups is 1. The van der Waals surface area contributed by atoms with Crippen molar-refractivity contribution in [3.05, 3.63) is 71.3 Å². The van der Waals surface area contributed by atoms with Gasteiger partial charge in [0.2, 0.25) is 0 Å². The molecule has 0 saturated carbocycles. The zero-order valence-electron chi connectivity index (χ0n) is 20.2. The van der Waals surface area contributed by atoms with Crippen LogP contribution in [0.3, 0.4) is 0 Å². The summed E-state index contributed by atoms with van der Waals surface area (Å²) < 4.78 is 7.75. The highest BCUT2D eigenvalue weighted by Gasteiger charge is 2.33. The van der Waals surface area contributed by atoms with Crippen LogP contribution < -0.4 is 4.74 Å². The molecule has 2 heterocycles. The predicted octanol–water partition coefficient (Wildman–Crippen LogP) is 4.70. The van der Waals surface area contributed by atoms with Gasteiger partial charge in [-0.25, -0.2) is 4.68 Å². The van der Waals surface area contributed by atoms with Crippen molar-refractivity contribution in [1.29, 1.82) is 0 Å². The van der Waals surface area contributed by atoms with E-state index in [9.17, 15) is 9.59 Å². The third-order valence-corrected chi connectivity index (χ3v) is 6.17. The summed E-state index contributed by atoms with van der Waals surface area (Å²) >= 11 is 6.31. The molecule has 9 nitrogen and oxygen atoms in total. The van der Waals surface area contributed by atoms with Crippen molar-refractivity contribution < 1.29 is 29.3 Å². The van der Waals surface area contributed by atoms with Gasteiger partial charge in [-0.15, -0.1) is 0 Å². The van der Waals surface area contributed by atoms with Crippen LogP contribution >= 0.6 is 24.0 Å². The molecule has 37 heavy (non-hydrogen) atoms. The molecule has 1 aliphatic rings. The van der Waals surface area contributed by atoms with Crippen LogP contribution in [-0.4, -0.2) is 60.2 Å². The van der Waals surface area contributed by atoms with Crippen LogP contribution in [0.1, 0.15) is 25.8 Å². The number of aromatic nitrogens is 2. The molecule has 1 aromatic heterocycles. The highest BCUT2D eigenvalue weighted by molar-refractivity contribution is 8.26.